The number of hydrogen-bond acceptors (Lipinski definition) is 1. The molecule has 0 aromatic rings. The molecule has 0 heterocycles. The average Bonchev–Trinajstić information content (AvgIpc) is 2.02. The Balaban J connectivity index is 4.84. The molecule has 0 atom stereocenters. The molecule has 1 nitrogen and oxygen atoms in total. The van der Waals surface area contributed by atoms with E-state index in [0.29, 0.717) is 5.70 Å². The lowest BCUT2D eigenvalue weighted by molar-refractivity contribution is 1.09. The van der Waals surface area contributed by atoms with E-state index in [-0.39, 0.29) is 0 Å². The molecule has 0 amide bonds. The van der Waals surface area contributed by atoms with Crippen LogP contribution in [0.1, 0.15) is 27.2 Å². The Bertz CT molecular complexity index is 267. The maximum Gasteiger partial charge on any atom is 0.0247 e. The molecule has 1 heteroatoms. The summed E-state index contributed by atoms with van der Waals surface area (Å²) in [6.45, 7) is 13.7. The van der Waals surface area contributed by atoms with E-state index in [1.807, 2.05) is 13.0 Å². The van der Waals surface area contributed by atoms with Crippen molar-refractivity contribution in [2.75, 3.05) is 0 Å². The lowest BCUT2D eigenvalue weighted by Crippen LogP contribution is -1.92. The molecule has 2 N–H and O–H groups in total. The second-order valence-electron chi connectivity index (χ2n) is 3.30. The highest BCUT2D eigenvalue weighted by Gasteiger charge is 1.94. The van der Waals surface area contributed by atoms with Crippen LogP contribution in [0, 0.1) is 0 Å². The largest absolute Gasteiger partial charge is 0.399 e. The summed E-state index contributed by atoms with van der Waals surface area (Å²) in [6.07, 6.45) is 4.99. The molecule has 0 radical (unpaired) electrons. The second-order valence-corrected chi connectivity index (χ2v) is 3.30. The third-order valence-electron chi connectivity index (χ3n) is 1.79. The number of nitrogens with two attached hydrogens (primary N) is 1. The van der Waals surface area contributed by atoms with E-state index in [1.165, 1.54) is 5.57 Å². The van der Waals surface area contributed by atoms with Crippen LogP contribution in [0.4, 0.5) is 0 Å². The van der Waals surface area contributed by atoms with E-state index in [9.17, 15) is 0 Å². The Morgan fingerprint density at radius 1 is 1.23 bits per heavy atom. The summed E-state index contributed by atoms with van der Waals surface area (Å²) in [7, 11) is 0. The first-order valence-electron chi connectivity index (χ1n) is 4.46. The fourth-order valence-corrected chi connectivity index (χ4v) is 0.855. The molecule has 0 saturated heterocycles. The van der Waals surface area contributed by atoms with Gasteiger partial charge in [-0.25, -0.2) is 0 Å². The minimum Gasteiger partial charge on any atom is -0.399 e. The molecule has 0 saturated carbocycles. The van der Waals surface area contributed by atoms with Crippen molar-refractivity contribution in [1.29, 1.82) is 0 Å². The van der Waals surface area contributed by atoms with Crippen molar-refractivity contribution in [3.8, 4) is 0 Å². The second kappa shape index (κ2) is 5.41. The Kier molecular flexibility index (Phi) is 4.90. The highest BCUT2D eigenvalue weighted by molar-refractivity contribution is 5.42. The van der Waals surface area contributed by atoms with Crippen LogP contribution in [-0.2, 0) is 0 Å². The minimum absolute atomic E-state index is 0.568. The summed E-state index contributed by atoms with van der Waals surface area (Å²) in [5, 5.41) is 0. The van der Waals surface area contributed by atoms with Crippen LogP contribution >= 0.6 is 0 Å². The van der Waals surface area contributed by atoms with Crippen LogP contribution in [0.2, 0.25) is 0 Å². The van der Waals surface area contributed by atoms with Gasteiger partial charge < -0.3 is 5.73 Å². The first-order valence-corrected chi connectivity index (χ1v) is 4.46. The molecule has 0 unspecified atom stereocenters. The van der Waals surface area contributed by atoms with Crippen LogP contribution in [0.25, 0.3) is 0 Å². The Morgan fingerprint density at radius 2 is 1.77 bits per heavy atom. The van der Waals surface area contributed by atoms with Gasteiger partial charge in [0.05, 0.1) is 0 Å². The molecule has 0 aliphatic rings. The SMILES string of the molecule is C=C(N)/C=C(\C=C(/C)CC)C(=C)C. The van der Waals surface area contributed by atoms with Gasteiger partial charge in [0.2, 0.25) is 0 Å². The molecule has 0 aliphatic heterocycles. The van der Waals surface area contributed by atoms with Gasteiger partial charge in [-0.05, 0) is 31.9 Å². The van der Waals surface area contributed by atoms with Crippen LogP contribution in [0.5, 0.6) is 0 Å². The molecule has 0 aromatic carbocycles. The van der Waals surface area contributed by atoms with E-state index in [0.717, 1.165) is 17.6 Å². The van der Waals surface area contributed by atoms with Gasteiger partial charge in [0.1, 0.15) is 0 Å². The van der Waals surface area contributed by atoms with Crippen molar-refractivity contribution in [1.82, 2.24) is 0 Å². The third-order valence-corrected chi connectivity index (χ3v) is 1.79. The Hall–Kier alpha value is -1.24. The molecule has 0 rings (SSSR count). The van der Waals surface area contributed by atoms with Crippen molar-refractivity contribution < 1.29 is 0 Å². The van der Waals surface area contributed by atoms with Crippen molar-refractivity contribution in [3.63, 3.8) is 0 Å². The predicted octanol–water partition coefficient (Wildman–Crippen LogP) is 3.32. The highest BCUT2D eigenvalue weighted by Crippen LogP contribution is 2.13. The van der Waals surface area contributed by atoms with E-state index in [1.54, 1.807) is 0 Å². The van der Waals surface area contributed by atoms with E-state index >= 15 is 0 Å². The normalized spacial score (nSPS) is 12.8. The number of hydrogen-bond donors (Lipinski definition) is 1. The minimum atomic E-state index is 0.568. The van der Waals surface area contributed by atoms with Crippen molar-refractivity contribution in [3.05, 3.63) is 47.7 Å². The van der Waals surface area contributed by atoms with Crippen molar-refractivity contribution in [2.45, 2.75) is 27.2 Å². The van der Waals surface area contributed by atoms with Gasteiger partial charge in [-0.15, -0.1) is 0 Å². The zero-order valence-corrected chi connectivity index (χ0v) is 8.85. The smallest absolute Gasteiger partial charge is 0.0247 e. The van der Waals surface area contributed by atoms with Gasteiger partial charge in [-0.3, -0.25) is 0 Å². The van der Waals surface area contributed by atoms with Gasteiger partial charge in [0.15, 0.2) is 0 Å². The van der Waals surface area contributed by atoms with E-state index < -0.39 is 0 Å². The molecule has 13 heavy (non-hydrogen) atoms. The molecular formula is C12H19N. The van der Waals surface area contributed by atoms with Crippen molar-refractivity contribution >= 4 is 0 Å². The highest BCUT2D eigenvalue weighted by atomic mass is 14.5. The fraction of sp³-hybridized carbons (Fsp3) is 0.333. The van der Waals surface area contributed by atoms with Crippen LogP contribution in [0.3, 0.4) is 0 Å². The predicted molar refractivity (Wildman–Crippen MR) is 60.3 cm³/mol. The van der Waals surface area contributed by atoms with E-state index in [2.05, 4.69) is 33.1 Å². The summed E-state index contributed by atoms with van der Waals surface area (Å²) in [4.78, 5) is 0. The number of rotatable bonds is 4. The first kappa shape index (κ1) is 11.8. The number of allylic oxidation sites excluding steroid dienone is 5. The zero-order valence-electron chi connectivity index (χ0n) is 8.85. The summed E-state index contributed by atoms with van der Waals surface area (Å²) in [5.74, 6) is 0. The standard InChI is InChI=1S/C12H19N/c1-6-10(4)7-12(9(2)3)8-11(5)13/h7-8H,2,5-6,13H2,1,3-4H3/b10-7+,12-8+. The quantitative estimate of drug-likeness (QED) is 0.655. The topological polar surface area (TPSA) is 26.0 Å². The van der Waals surface area contributed by atoms with Gasteiger partial charge in [0, 0.05) is 5.70 Å². The molecule has 0 fully saturated rings. The van der Waals surface area contributed by atoms with Crippen LogP contribution < -0.4 is 5.73 Å². The average molecular weight is 177 g/mol. The molecule has 0 aromatic heterocycles. The molecule has 0 aliphatic carbocycles. The Labute approximate surface area is 81.3 Å². The lowest BCUT2D eigenvalue weighted by atomic mass is 10.0. The maximum absolute atomic E-state index is 5.51. The molecule has 72 valence electrons. The van der Waals surface area contributed by atoms with Crippen LogP contribution in [-0.4, -0.2) is 0 Å². The Morgan fingerprint density at radius 3 is 2.08 bits per heavy atom. The van der Waals surface area contributed by atoms with E-state index in [4.69, 9.17) is 5.73 Å². The van der Waals surface area contributed by atoms with Crippen LogP contribution in [0.15, 0.2) is 47.7 Å². The summed E-state index contributed by atoms with van der Waals surface area (Å²) in [5.41, 5.74) is 9.47. The monoisotopic (exact) mass is 177 g/mol. The zero-order chi connectivity index (χ0) is 10.4. The summed E-state index contributed by atoms with van der Waals surface area (Å²) >= 11 is 0. The lowest BCUT2D eigenvalue weighted by Gasteiger charge is -2.03. The maximum atomic E-state index is 5.51. The van der Waals surface area contributed by atoms with Gasteiger partial charge in [0.25, 0.3) is 0 Å². The van der Waals surface area contributed by atoms with Gasteiger partial charge >= 0.3 is 0 Å². The molecular weight excluding hydrogens is 158 g/mol. The summed E-state index contributed by atoms with van der Waals surface area (Å²) in [6, 6.07) is 0. The summed E-state index contributed by atoms with van der Waals surface area (Å²) < 4.78 is 0. The first-order chi connectivity index (χ1) is 5.97. The van der Waals surface area contributed by atoms with Crippen molar-refractivity contribution in [2.24, 2.45) is 5.73 Å². The molecule has 0 bridgehead atoms. The third kappa shape index (κ3) is 5.07. The van der Waals surface area contributed by atoms with Gasteiger partial charge in [-0.1, -0.05) is 37.3 Å². The van der Waals surface area contributed by atoms with Gasteiger partial charge in [-0.2, -0.15) is 0 Å². The fourth-order valence-electron chi connectivity index (χ4n) is 0.855. The molecule has 0 spiro atoms.